The lowest BCUT2D eigenvalue weighted by Crippen LogP contribution is -2.48. The molecule has 1 aliphatic heterocycles. The SMILES string of the molecule is C[C@@H](O[C@H]1CCN(C(=O)[C@H]2CC[C@@H](n3cnnc3)CC2)C[C@@H]1c1ccc(F)cc1)c1cc(C(F)(F)F)cc(C(F)(F)F)c1. The van der Waals surface area contributed by atoms with Crippen LogP contribution in [0, 0.1) is 11.7 Å². The number of carbonyl (C=O) groups is 1. The maximum atomic E-state index is 13.7. The van der Waals surface area contributed by atoms with Crippen molar-refractivity contribution >= 4 is 5.91 Å². The van der Waals surface area contributed by atoms with Gasteiger partial charge in [0.2, 0.25) is 5.91 Å². The molecule has 0 radical (unpaired) electrons. The normalized spacial score (nSPS) is 24.1. The predicted octanol–water partition coefficient (Wildman–Crippen LogP) is 7.35. The second kappa shape index (κ2) is 12.3. The summed E-state index contributed by atoms with van der Waals surface area (Å²) in [4.78, 5) is 15.3. The van der Waals surface area contributed by atoms with E-state index in [0.717, 1.165) is 12.8 Å². The molecule has 0 bridgehead atoms. The van der Waals surface area contributed by atoms with Crippen LogP contribution in [-0.4, -0.2) is 44.8 Å². The van der Waals surface area contributed by atoms with Crippen LogP contribution in [0.4, 0.5) is 30.7 Å². The van der Waals surface area contributed by atoms with Crippen molar-refractivity contribution in [2.45, 2.75) is 75.5 Å². The molecule has 1 saturated heterocycles. The molecule has 13 heteroatoms. The van der Waals surface area contributed by atoms with Gasteiger partial charge in [0.05, 0.1) is 23.3 Å². The number of carbonyl (C=O) groups excluding carboxylic acids is 1. The maximum Gasteiger partial charge on any atom is 0.416 e. The van der Waals surface area contributed by atoms with Crippen LogP contribution >= 0.6 is 0 Å². The molecule has 232 valence electrons. The lowest BCUT2D eigenvalue weighted by molar-refractivity contribution is -0.143. The van der Waals surface area contributed by atoms with E-state index in [1.54, 1.807) is 29.7 Å². The van der Waals surface area contributed by atoms with Crippen molar-refractivity contribution in [1.29, 1.82) is 0 Å². The van der Waals surface area contributed by atoms with Gasteiger partial charge in [0.25, 0.3) is 0 Å². The molecule has 2 fully saturated rings. The summed E-state index contributed by atoms with van der Waals surface area (Å²) in [5, 5.41) is 7.69. The number of amides is 1. The first-order chi connectivity index (χ1) is 20.3. The summed E-state index contributed by atoms with van der Waals surface area (Å²) in [6.45, 7) is 1.95. The van der Waals surface area contributed by atoms with Crippen molar-refractivity contribution < 1.29 is 40.3 Å². The van der Waals surface area contributed by atoms with Crippen molar-refractivity contribution in [1.82, 2.24) is 19.7 Å². The molecule has 1 aliphatic carbocycles. The van der Waals surface area contributed by atoms with Crippen LogP contribution in [0.2, 0.25) is 0 Å². The molecule has 43 heavy (non-hydrogen) atoms. The molecule has 0 spiro atoms. The zero-order valence-corrected chi connectivity index (χ0v) is 23.3. The second-order valence-electron chi connectivity index (χ2n) is 11.3. The first-order valence-electron chi connectivity index (χ1n) is 14.1. The molecule has 1 amide bonds. The predicted molar refractivity (Wildman–Crippen MR) is 141 cm³/mol. The van der Waals surface area contributed by atoms with Crippen LogP contribution in [0.5, 0.6) is 0 Å². The number of likely N-dealkylation sites (tertiary alicyclic amines) is 1. The Hall–Kier alpha value is -3.48. The lowest BCUT2D eigenvalue weighted by Gasteiger charge is -2.42. The lowest BCUT2D eigenvalue weighted by atomic mass is 9.83. The first kappa shape index (κ1) is 31.0. The summed E-state index contributed by atoms with van der Waals surface area (Å²) in [5.74, 6) is -1.12. The fraction of sp³-hybridized carbons (Fsp3) is 0.500. The number of benzene rings is 2. The van der Waals surface area contributed by atoms with Crippen LogP contribution in [0.15, 0.2) is 55.1 Å². The third-order valence-corrected chi connectivity index (χ3v) is 8.52. The topological polar surface area (TPSA) is 60.2 Å². The molecule has 0 unspecified atom stereocenters. The highest BCUT2D eigenvalue weighted by atomic mass is 19.4. The van der Waals surface area contributed by atoms with E-state index in [-0.39, 0.29) is 36.0 Å². The number of piperidine rings is 1. The fourth-order valence-electron chi connectivity index (χ4n) is 6.15. The van der Waals surface area contributed by atoms with E-state index in [0.29, 0.717) is 43.5 Å². The summed E-state index contributed by atoms with van der Waals surface area (Å²) >= 11 is 0. The molecule has 3 aromatic rings. The zero-order valence-electron chi connectivity index (χ0n) is 23.3. The molecule has 2 aliphatic rings. The van der Waals surface area contributed by atoms with E-state index in [4.69, 9.17) is 4.74 Å². The summed E-state index contributed by atoms with van der Waals surface area (Å²) in [6.07, 6.45) is -5.12. The minimum absolute atomic E-state index is 0.00601. The average Bonchev–Trinajstić information content (AvgIpc) is 3.52. The number of hydrogen-bond acceptors (Lipinski definition) is 4. The highest BCUT2D eigenvalue weighted by molar-refractivity contribution is 5.79. The summed E-state index contributed by atoms with van der Waals surface area (Å²) in [6, 6.07) is 7.30. The standard InChI is InChI=1S/C30H31F7N4O2/c1-18(21-12-22(29(32,33)34)14-23(13-21)30(35,36)37)43-27-10-11-40(15-26(27)19-2-6-24(31)7-3-19)28(42)20-4-8-25(9-5-20)41-16-38-39-17-41/h2-3,6-7,12-14,16-18,20,25-27H,4-5,8-11,15H2,1H3/t18-,20-,25+,26-,27+/m1/s1. The van der Waals surface area contributed by atoms with Gasteiger partial charge in [0.1, 0.15) is 18.5 Å². The number of aromatic nitrogens is 3. The molecular formula is C30H31F7N4O2. The van der Waals surface area contributed by atoms with Gasteiger partial charge in [0.15, 0.2) is 0 Å². The molecule has 6 nitrogen and oxygen atoms in total. The number of rotatable bonds is 6. The smallest absolute Gasteiger partial charge is 0.370 e. The van der Waals surface area contributed by atoms with Crippen LogP contribution in [0.25, 0.3) is 0 Å². The minimum atomic E-state index is -4.98. The third-order valence-electron chi connectivity index (χ3n) is 8.52. The molecule has 1 aromatic heterocycles. The largest absolute Gasteiger partial charge is 0.416 e. The quantitative estimate of drug-likeness (QED) is 0.273. The van der Waals surface area contributed by atoms with Gasteiger partial charge in [-0.3, -0.25) is 4.79 Å². The van der Waals surface area contributed by atoms with E-state index in [1.807, 2.05) is 4.57 Å². The number of nitrogens with zero attached hydrogens (tertiary/aromatic N) is 4. The van der Waals surface area contributed by atoms with Gasteiger partial charge >= 0.3 is 12.4 Å². The molecule has 1 saturated carbocycles. The number of halogens is 7. The highest BCUT2D eigenvalue weighted by Gasteiger charge is 2.40. The molecule has 2 heterocycles. The van der Waals surface area contributed by atoms with E-state index < -0.39 is 47.4 Å². The first-order valence-corrected chi connectivity index (χ1v) is 14.1. The van der Waals surface area contributed by atoms with Crippen molar-refractivity contribution in [2.24, 2.45) is 5.92 Å². The van der Waals surface area contributed by atoms with E-state index in [1.165, 1.54) is 19.1 Å². The Balaban J connectivity index is 1.33. The Morgan fingerprint density at radius 3 is 2.02 bits per heavy atom. The zero-order chi connectivity index (χ0) is 30.9. The summed E-state index contributed by atoms with van der Waals surface area (Å²) in [5.41, 5.74) is -2.43. The number of alkyl halides is 6. The van der Waals surface area contributed by atoms with Crippen LogP contribution < -0.4 is 0 Å². The van der Waals surface area contributed by atoms with Gasteiger partial charge in [-0.1, -0.05) is 12.1 Å². The highest BCUT2D eigenvalue weighted by Crippen LogP contribution is 2.40. The molecule has 5 rings (SSSR count). The van der Waals surface area contributed by atoms with Gasteiger partial charge in [-0.25, -0.2) is 4.39 Å². The third kappa shape index (κ3) is 7.19. The summed E-state index contributed by atoms with van der Waals surface area (Å²) < 4.78 is 103. The Morgan fingerprint density at radius 1 is 0.884 bits per heavy atom. The average molecular weight is 613 g/mol. The Labute approximate surface area is 243 Å². The Bertz CT molecular complexity index is 1350. The van der Waals surface area contributed by atoms with Gasteiger partial charge < -0.3 is 14.2 Å². The molecule has 2 aromatic carbocycles. The van der Waals surface area contributed by atoms with Crippen LogP contribution in [-0.2, 0) is 21.9 Å². The molecular weight excluding hydrogens is 581 g/mol. The fourth-order valence-corrected chi connectivity index (χ4v) is 6.15. The van der Waals surface area contributed by atoms with Crippen molar-refractivity contribution in [2.75, 3.05) is 13.1 Å². The second-order valence-corrected chi connectivity index (χ2v) is 11.3. The van der Waals surface area contributed by atoms with E-state index in [9.17, 15) is 35.5 Å². The van der Waals surface area contributed by atoms with Crippen LogP contribution in [0.3, 0.4) is 0 Å². The van der Waals surface area contributed by atoms with Crippen molar-refractivity contribution in [3.8, 4) is 0 Å². The number of hydrogen-bond donors (Lipinski definition) is 0. The molecule has 3 atom stereocenters. The van der Waals surface area contributed by atoms with E-state index >= 15 is 0 Å². The van der Waals surface area contributed by atoms with Crippen molar-refractivity contribution in [3.05, 3.63) is 83.2 Å². The van der Waals surface area contributed by atoms with Gasteiger partial charge in [-0.15, -0.1) is 10.2 Å². The van der Waals surface area contributed by atoms with Gasteiger partial charge in [-0.05, 0) is 80.5 Å². The number of ether oxygens (including phenoxy) is 1. The van der Waals surface area contributed by atoms with Crippen molar-refractivity contribution in [3.63, 3.8) is 0 Å². The molecule has 0 N–H and O–H groups in total. The Morgan fingerprint density at radius 2 is 1.47 bits per heavy atom. The minimum Gasteiger partial charge on any atom is -0.370 e. The monoisotopic (exact) mass is 612 g/mol. The Kier molecular flexibility index (Phi) is 8.82. The summed E-state index contributed by atoms with van der Waals surface area (Å²) in [7, 11) is 0. The van der Waals surface area contributed by atoms with Crippen LogP contribution in [0.1, 0.15) is 79.3 Å². The maximum absolute atomic E-state index is 13.7. The van der Waals surface area contributed by atoms with E-state index in [2.05, 4.69) is 10.2 Å². The van der Waals surface area contributed by atoms with Gasteiger partial charge in [0, 0.05) is 31.0 Å². The van der Waals surface area contributed by atoms with Gasteiger partial charge in [-0.2, -0.15) is 26.3 Å².